The zero-order valence-electron chi connectivity index (χ0n) is 19.6. The maximum absolute atomic E-state index is 9.59. The minimum absolute atomic E-state index is 0.200. The minimum atomic E-state index is 0.200. The third-order valence-corrected chi connectivity index (χ3v) is 6.86. The molecule has 3 aromatic rings. The van der Waals surface area contributed by atoms with Crippen molar-refractivity contribution in [3.63, 3.8) is 0 Å². The molecule has 1 aliphatic carbocycles. The van der Waals surface area contributed by atoms with Crippen LogP contribution >= 0.6 is 0 Å². The van der Waals surface area contributed by atoms with Gasteiger partial charge in [-0.25, -0.2) is 0 Å². The van der Waals surface area contributed by atoms with E-state index >= 15 is 0 Å². The van der Waals surface area contributed by atoms with Crippen molar-refractivity contribution in [3.8, 4) is 0 Å². The van der Waals surface area contributed by atoms with Gasteiger partial charge in [0.25, 0.3) is 0 Å². The van der Waals surface area contributed by atoms with Crippen LogP contribution in [-0.2, 0) is 0 Å². The van der Waals surface area contributed by atoms with Crippen LogP contribution in [0.15, 0.2) is 78.9 Å². The molecule has 0 saturated heterocycles. The average Bonchev–Trinajstić information content (AvgIpc) is 2.77. The lowest BCUT2D eigenvalue weighted by molar-refractivity contribution is 0.166. The summed E-state index contributed by atoms with van der Waals surface area (Å²) in [7, 11) is 4.36. The summed E-state index contributed by atoms with van der Waals surface area (Å²) >= 11 is 0. The molecule has 2 nitrogen and oxygen atoms in total. The first kappa shape index (κ1) is 22.5. The Bertz CT molecular complexity index is 1030. The molecule has 0 unspecified atom stereocenters. The fourth-order valence-electron chi connectivity index (χ4n) is 4.75. The molecule has 1 fully saturated rings. The van der Waals surface area contributed by atoms with E-state index < -0.39 is 0 Å². The zero-order valence-corrected chi connectivity index (χ0v) is 19.6. The van der Waals surface area contributed by atoms with Crippen LogP contribution in [-0.4, -0.2) is 36.8 Å². The van der Waals surface area contributed by atoms with Crippen molar-refractivity contribution < 1.29 is 5.11 Å². The summed E-state index contributed by atoms with van der Waals surface area (Å²) in [5, 5.41) is 9.59. The monoisotopic (exact) mass is 425 g/mol. The lowest BCUT2D eigenvalue weighted by Gasteiger charge is -2.40. The standard InChI is InChI=1S/C30H35NO/c1-22-11-13-25(14-12-22)30(29(10-7-19-32)24-8-5-4-6-9-24)26-17-15-23(16-18-26)27-20-28(21-27)31(2)3/h4-6,8-9,11-18,27-28,32H,7,10,19-21H2,1-3H3/b30-29-. The summed E-state index contributed by atoms with van der Waals surface area (Å²) in [5.41, 5.74) is 9.00. The maximum atomic E-state index is 9.59. The lowest BCUT2D eigenvalue weighted by Crippen LogP contribution is -2.39. The van der Waals surface area contributed by atoms with Gasteiger partial charge < -0.3 is 10.0 Å². The molecule has 1 saturated carbocycles. The normalized spacial score (nSPS) is 18.9. The molecule has 0 atom stereocenters. The fraction of sp³-hybridized carbons (Fsp3) is 0.333. The van der Waals surface area contributed by atoms with Crippen molar-refractivity contribution in [1.29, 1.82) is 0 Å². The smallest absolute Gasteiger partial charge is 0.0434 e. The summed E-state index contributed by atoms with van der Waals surface area (Å²) in [6.07, 6.45) is 4.10. The molecule has 0 radical (unpaired) electrons. The number of benzene rings is 3. The first-order valence-electron chi connectivity index (χ1n) is 11.8. The Hall–Kier alpha value is -2.68. The molecule has 0 aromatic heterocycles. The fourth-order valence-corrected chi connectivity index (χ4v) is 4.75. The van der Waals surface area contributed by atoms with Gasteiger partial charge in [-0.3, -0.25) is 0 Å². The quantitative estimate of drug-likeness (QED) is 0.415. The van der Waals surface area contributed by atoms with Gasteiger partial charge in [-0.15, -0.1) is 0 Å². The summed E-state index contributed by atoms with van der Waals surface area (Å²) in [5.74, 6) is 0.672. The molecule has 32 heavy (non-hydrogen) atoms. The highest BCUT2D eigenvalue weighted by Gasteiger charge is 2.31. The van der Waals surface area contributed by atoms with Gasteiger partial charge in [0.05, 0.1) is 0 Å². The van der Waals surface area contributed by atoms with Crippen molar-refractivity contribution >= 4 is 11.1 Å². The first-order valence-corrected chi connectivity index (χ1v) is 11.8. The van der Waals surface area contributed by atoms with E-state index in [2.05, 4.69) is 105 Å². The molecule has 3 aromatic carbocycles. The SMILES string of the molecule is Cc1ccc(/C(=C(\CCCO)c2ccccc2)c2ccc(C3CC(N(C)C)C3)cc2)cc1. The number of aryl methyl sites for hydroxylation is 1. The maximum Gasteiger partial charge on any atom is 0.0434 e. The number of aliphatic hydroxyl groups is 1. The largest absolute Gasteiger partial charge is 0.396 e. The molecule has 0 spiro atoms. The molecule has 0 amide bonds. The third kappa shape index (κ3) is 5.03. The Labute approximate surface area is 193 Å². The Balaban J connectivity index is 1.75. The molecular formula is C30H35NO. The Morgan fingerprint density at radius 1 is 0.812 bits per heavy atom. The molecule has 4 rings (SSSR count). The summed E-state index contributed by atoms with van der Waals surface area (Å²) in [4.78, 5) is 2.34. The lowest BCUT2D eigenvalue weighted by atomic mass is 9.75. The van der Waals surface area contributed by atoms with Gasteiger partial charge in [0, 0.05) is 12.6 Å². The van der Waals surface area contributed by atoms with Crippen molar-refractivity contribution in [2.45, 2.75) is 44.6 Å². The number of rotatable bonds is 8. The van der Waals surface area contributed by atoms with Gasteiger partial charge in [0.2, 0.25) is 0 Å². The summed E-state index contributed by atoms with van der Waals surface area (Å²) in [6.45, 7) is 2.33. The van der Waals surface area contributed by atoms with Crippen LogP contribution < -0.4 is 0 Å². The summed E-state index contributed by atoms with van der Waals surface area (Å²) < 4.78 is 0. The molecule has 0 heterocycles. The van der Waals surface area contributed by atoms with Crippen LogP contribution in [0.25, 0.3) is 11.1 Å². The molecule has 0 aliphatic heterocycles. The van der Waals surface area contributed by atoms with E-state index in [0.29, 0.717) is 12.0 Å². The van der Waals surface area contributed by atoms with Gasteiger partial charge in [-0.1, -0.05) is 84.4 Å². The molecule has 2 heteroatoms. The number of aliphatic hydroxyl groups excluding tert-OH is 1. The van der Waals surface area contributed by atoms with E-state index in [1.807, 2.05) is 0 Å². The van der Waals surface area contributed by atoms with Crippen LogP contribution in [0, 0.1) is 6.92 Å². The van der Waals surface area contributed by atoms with E-state index in [0.717, 1.165) is 12.8 Å². The second-order valence-corrected chi connectivity index (χ2v) is 9.32. The van der Waals surface area contributed by atoms with Crippen LogP contribution in [0.5, 0.6) is 0 Å². The van der Waals surface area contributed by atoms with Gasteiger partial charge >= 0.3 is 0 Å². The summed E-state index contributed by atoms with van der Waals surface area (Å²) in [6, 6.07) is 29.4. The zero-order chi connectivity index (χ0) is 22.5. The Kier molecular flexibility index (Phi) is 7.24. The molecule has 0 bridgehead atoms. The van der Waals surface area contributed by atoms with E-state index in [-0.39, 0.29) is 6.61 Å². The van der Waals surface area contributed by atoms with E-state index in [9.17, 15) is 5.11 Å². The number of nitrogens with zero attached hydrogens (tertiary/aromatic N) is 1. The first-order chi connectivity index (χ1) is 15.6. The second kappa shape index (κ2) is 10.3. The van der Waals surface area contributed by atoms with Crippen molar-refractivity contribution in [2.75, 3.05) is 20.7 Å². The Morgan fingerprint density at radius 2 is 1.41 bits per heavy atom. The topological polar surface area (TPSA) is 23.5 Å². The van der Waals surface area contributed by atoms with E-state index in [4.69, 9.17) is 0 Å². The van der Waals surface area contributed by atoms with Crippen molar-refractivity contribution in [3.05, 3.63) is 107 Å². The van der Waals surface area contributed by atoms with Crippen LogP contribution in [0.3, 0.4) is 0 Å². The second-order valence-electron chi connectivity index (χ2n) is 9.32. The van der Waals surface area contributed by atoms with Gasteiger partial charge in [-0.05, 0) is 86.0 Å². The minimum Gasteiger partial charge on any atom is -0.396 e. The van der Waals surface area contributed by atoms with Crippen LogP contribution in [0.4, 0.5) is 0 Å². The highest BCUT2D eigenvalue weighted by atomic mass is 16.2. The van der Waals surface area contributed by atoms with Gasteiger partial charge in [0.1, 0.15) is 0 Å². The predicted octanol–water partition coefficient (Wildman–Crippen LogP) is 6.53. The predicted molar refractivity (Wildman–Crippen MR) is 136 cm³/mol. The van der Waals surface area contributed by atoms with Crippen LogP contribution in [0.2, 0.25) is 0 Å². The van der Waals surface area contributed by atoms with Gasteiger partial charge in [-0.2, -0.15) is 0 Å². The van der Waals surface area contributed by atoms with E-state index in [1.165, 1.54) is 51.8 Å². The number of hydrogen-bond donors (Lipinski definition) is 1. The van der Waals surface area contributed by atoms with Crippen molar-refractivity contribution in [2.24, 2.45) is 0 Å². The van der Waals surface area contributed by atoms with Crippen molar-refractivity contribution in [1.82, 2.24) is 4.90 Å². The third-order valence-electron chi connectivity index (χ3n) is 6.86. The average molecular weight is 426 g/mol. The highest BCUT2D eigenvalue weighted by Crippen LogP contribution is 2.40. The number of allylic oxidation sites excluding steroid dienone is 1. The molecule has 1 aliphatic rings. The highest BCUT2D eigenvalue weighted by molar-refractivity contribution is 5.98. The van der Waals surface area contributed by atoms with Crippen LogP contribution in [0.1, 0.15) is 59.4 Å². The molecule has 1 N–H and O–H groups in total. The molecule has 166 valence electrons. The Morgan fingerprint density at radius 3 is 1.97 bits per heavy atom. The van der Waals surface area contributed by atoms with E-state index in [1.54, 1.807) is 0 Å². The van der Waals surface area contributed by atoms with Gasteiger partial charge in [0.15, 0.2) is 0 Å². The number of hydrogen-bond acceptors (Lipinski definition) is 2. The molecular weight excluding hydrogens is 390 g/mol.